The van der Waals surface area contributed by atoms with Crippen molar-refractivity contribution in [2.75, 3.05) is 6.61 Å². The topological polar surface area (TPSA) is 67.2 Å². The average molecular weight is 225 g/mol. The lowest BCUT2D eigenvalue weighted by molar-refractivity contribution is 0.0899. The van der Waals surface area contributed by atoms with Crippen LogP contribution in [0.1, 0.15) is 30.8 Å². The van der Waals surface area contributed by atoms with Crippen LogP contribution in [0.2, 0.25) is 0 Å². The van der Waals surface area contributed by atoms with Gasteiger partial charge in [0, 0.05) is 13.2 Å². The van der Waals surface area contributed by atoms with E-state index in [0.29, 0.717) is 11.6 Å². The highest BCUT2D eigenvalue weighted by molar-refractivity contribution is 5.92. The molecule has 0 fully saturated rings. The molecule has 0 aliphatic rings. The maximum Gasteiger partial charge on any atom is 0.269 e. The first kappa shape index (κ1) is 12.7. The molecule has 1 atom stereocenters. The van der Waals surface area contributed by atoms with E-state index in [1.807, 2.05) is 0 Å². The highest BCUT2D eigenvalue weighted by Gasteiger charge is 2.16. The second-order valence-electron chi connectivity index (χ2n) is 4.32. The van der Waals surface area contributed by atoms with E-state index >= 15 is 0 Å². The van der Waals surface area contributed by atoms with Crippen LogP contribution in [0.15, 0.2) is 12.3 Å². The molecule has 1 unspecified atom stereocenters. The number of aryl methyl sites for hydroxylation is 1. The number of nitrogens with one attached hydrogen (secondary N) is 1. The number of amides is 1. The standard InChI is InChI=1S/C11H19N3O2/c1-8(2)6-9(7-15)13-11(16)10-4-5-12-14(10)3/h4-5,8-9,15H,6-7H2,1-3H3,(H,13,16). The summed E-state index contributed by atoms with van der Waals surface area (Å²) in [6.45, 7) is 4.07. The van der Waals surface area contributed by atoms with Crippen LogP contribution in [0.5, 0.6) is 0 Å². The fourth-order valence-electron chi connectivity index (χ4n) is 1.60. The van der Waals surface area contributed by atoms with Gasteiger partial charge in [0.15, 0.2) is 0 Å². The molecule has 5 nitrogen and oxygen atoms in total. The van der Waals surface area contributed by atoms with Crippen molar-refractivity contribution in [2.45, 2.75) is 26.3 Å². The molecule has 0 saturated heterocycles. The predicted molar refractivity (Wildman–Crippen MR) is 61.0 cm³/mol. The number of aromatic nitrogens is 2. The molecule has 0 aliphatic carbocycles. The van der Waals surface area contributed by atoms with Crippen LogP contribution in [-0.4, -0.2) is 33.4 Å². The maximum atomic E-state index is 11.8. The molecule has 16 heavy (non-hydrogen) atoms. The maximum absolute atomic E-state index is 11.8. The molecule has 5 heteroatoms. The van der Waals surface area contributed by atoms with E-state index < -0.39 is 0 Å². The Bertz CT molecular complexity index is 347. The third-order valence-electron chi connectivity index (χ3n) is 2.37. The first-order valence-corrected chi connectivity index (χ1v) is 5.44. The zero-order chi connectivity index (χ0) is 12.1. The summed E-state index contributed by atoms with van der Waals surface area (Å²) in [6.07, 6.45) is 2.34. The SMILES string of the molecule is CC(C)CC(CO)NC(=O)c1ccnn1C. The number of hydrogen-bond acceptors (Lipinski definition) is 3. The molecule has 1 aromatic rings. The van der Waals surface area contributed by atoms with Gasteiger partial charge in [-0.05, 0) is 18.4 Å². The van der Waals surface area contributed by atoms with Crippen LogP contribution in [0.4, 0.5) is 0 Å². The van der Waals surface area contributed by atoms with E-state index in [1.54, 1.807) is 19.3 Å². The van der Waals surface area contributed by atoms with Crippen molar-refractivity contribution in [1.29, 1.82) is 0 Å². The molecular weight excluding hydrogens is 206 g/mol. The van der Waals surface area contributed by atoms with Crippen molar-refractivity contribution in [3.05, 3.63) is 18.0 Å². The summed E-state index contributed by atoms with van der Waals surface area (Å²) in [5.74, 6) is 0.240. The largest absolute Gasteiger partial charge is 0.394 e. The summed E-state index contributed by atoms with van der Waals surface area (Å²) in [7, 11) is 1.71. The highest BCUT2D eigenvalue weighted by atomic mass is 16.3. The normalized spacial score (nSPS) is 12.8. The van der Waals surface area contributed by atoms with Gasteiger partial charge in [0.05, 0.1) is 12.6 Å². The summed E-state index contributed by atoms with van der Waals surface area (Å²) in [5.41, 5.74) is 0.502. The summed E-state index contributed by atoms with van der Waals surface area (Å²) in [5, 5.41) is 15.9. The van der Waals surface area contributed by atoms with Crippen molar-refractivity contribution < 1.29 is 9.90 Å². The van der Waals surface area contributed by atoms with Crippen LogP contribution in [-0.2, 0) is 7.05 Å². The zero-order valence-corrected chi connectivity index (χ0v) is 9.97. The lowest BCUT2D eigenvalue weighted by atomic mass is 10.0. The van der Waals surface area contributed by atoms with E-state index in [2.05, 4.69) is 24.3 Å². The third kappa shape index (κ3) is 3.34. The van der Waals surface area contributed by atoms with Gasteiger partial charge in [-0.25, -0.2) is 0 Å². The highest BCUT2D eigenvalue weighted by Crippen LogP contribution is 2.05. The molecule has 1 heterocycles. The van der Waals surface area contributed by atoms with Gasteiger partial charge in [-0.1, -0.05) is 13.8 Å². The van der Waals surface area contributed by atoms with Gasteiger partial charge < -0.3 is 10.4 Å². The first-order valence-electron chi connectivity index (χ1n) is 5.44. The fraction of sp³-hybridized carbons (Fsp3) is 0.636. The minimum absolute atomic E-state index is 0.0399. The molecule has 1 rings (SSSR count). The van der Waals surface area contributed by atoms with E-state index in [0.717, 1.165) is 6.42 Å². The monoisotopic (exact) mass is 225 g/mol. The number of aliphatic hydroxyl groups excluding tert-OH is 1. The van der Waals surface area contributed by atoms with E-state index in [9.17, 15) is 4.79 Å². The number of aliphatic hydroxyl groups is 1. The Balaban J connectivity index is 2.59. The smallest absolute Gasteiger partial charge is 0.269 e. The Hall–Kier alpha value is -1.36. The van der Waals surface area contributed by atoms with Gasteiger partial charge in [0.25, 0.3) is 5.91 Å². The summed E-state index contributed by atoms with van der Waals surface area (Å²) >= 11 is 0. The average Bonchev–Trinajstić information content (AvgIpc) is 2.62. The molecular formula is C11H19N3O2. The Morgan fingerprint density at radius 1 is 1.62 bits per heavy atom. The minimum atomic E-state index is -0.195. The third-order valence-corrected chi connectivity index (χ3v) is 2.37. The summed E-state index contributed by atoms with van der Waals surface area (Å²) in [4.78, 5) is 11.8. The first-order chi connectivity index (χ1) is 7.54. The molecule has 0 radical (unpaired) electrons. The second kappa shape index (κ2) is 5.65. The van der Waals surface area contributed by atoms with Crippen molar-refractivity contribution in [3.8, 4) is 0 Å². The number of hydrogen-bond donors (Lipinski definition) is 2. The van der Waals surface area contributed by atoms with E-state index in [-0.39, 0.29) is 18.6 Å². The number of carbonyl (C=O) groups is 1. The molecule has 0 aromatic carbocycles. The van der Waals surface area contributed by atoms with Gasteiger partial charge in [0.1, 0.15) is 5.69 Å². The molecule has 0 aliphatic heterocycles. The number of carbonyl (C=O) groups excluding carboxylic acids is 1. The molecule has 1 amide bonds. The van der Waals surface area contributed by atoms with E-state index in [4.69, 9.17) is 5.11 Å². The Kier molecular flexibility index (Phi) is 4.49. The van der Waals surface area contributed by atoms with Crippen LogP contribution >= 0.6 is 0 Å². The molecule has 0 saturated carbocycles. The zero-order valence-electron chi connectivity index (χ0n) is 9.97. The second-order valence-corrected chi connectivity index (χ2v) is 4.32. The summed E-state index contributed by atoms with van der Waals surface area (Å²) in [6, 6.07) is 1.46. The van der Waals surface area contributed by atoms with Crippen molar-refractivity contribution >= 4 is 5.91 Å². The molecule has 0 bridgehead atoms. The lowest BCUT2D eigenvalue weighted by Gasteiger charge is -2.18. The lowest BCUT2D eigenvalue weighted by Crippen LogP contribution is -2.39. The van der Waals surface area contributed by atoms with Gasteiger partial charge in [0.2, 0.25) is 0 Å². The number of rotatable bonds is 5. The molecule has 1 aromatic heterocycles. The Labute approximate surface area is 95.5 Å². The van der Waals surface area contributed by atoms with Gasteiger partial charge in [-0.2, -0.15) is 5.10 Å². The number of nitrogens with zero attached hydrogens (tertiary/aromatic N) is 2. The van der Waals surface area contributed by atoms with Crippen molar-refractivity contribution in [3.63, 3.8) is 0 Å². The molecule has 0 spiro atoms. The van der Waals surface area contributed by atoms with Crippen molar-refractivity contribution in [1.82, 2.24) is 15.1 Å². The van der Waals surface area contributed by atoms with Crippen LogP contribution in [0.25, 0.3) is 0 Å². The van der Waals surface area contributed by atoms with Crippen LogP contribution in [0, 0.1) is 5.92 Å². The van der Waals surface area contributed by atoms with Gasteiger partial charge in [-0.3, -0.25) is 9.48 Å². The minimum Gasteiger partial charge on any atom is -0.394 e. The molecule has 2 N–H and O–H groups in total. The van der Waals surface area contributed by atoms with E-state index in [1.165, 1.54) is 4.68 Å². The van der Waals surface area contributed by atoms with Crippen molar-refractivity contribution in [2.24, 2.45) is 13.0 Å². The van der Waals surface area contributed by atoms with Gasteiger partial charge in [-0.15, -0.1) is 0 Å². The Morgan fingerprint density at radius 2 is 2.31 bits per heavy atom. The quantitative estimate of drug-likeness (QED) is 0.769. The predicted octanol–water partition coefficient (Wildman–Crippen LogP) is 0.557. The fourth-order valence-corrected chi connectivity index (χ4v) is 1.60. The Morgan fingerprint density at radius 3 is 2.75 bits per heavy atom. The van der Waals surface area contributed by atoms with Gasteiger partial charge >= 0.3 is 0 Å². The summed E-state index contributed by atoms with van der Waals surface area (Å²) < 4.78 is 1.51. The van der Waals surface area contributed by atoms with Crippen LogP contribution in [0.3, 0.4) is 0 Å². The molecule has 90 valence electrons. The van der Waals surface area contributed by atoms with Crippen LogP contribution < -0.4 is 5.32 Å².